The summed E-state index contributed by atoms with van der Waals surface area (Å²) in [7, 11) is 0. The molecule has 0 aromatic carbocycles. The average Bonchev–Trinajstić information content (AvgIpc) is 0.780. The highest BCUT2D eigenvalue weighted by Crippen LogP contribution is 2.33. The van der Waals surface area contributed by atoms with Gasteiger partial charge in [0.05, 0.1) is 38.6 Å². The number of nitrogens with one attached hydrogen (secondary N) is 1. The second kappa shape index (κ2) is 69.3. The summed E-state index contributed by atoms with van der Waals surface area (Å²) < 4.78 is 34.5. The second-order valence-electron chi connectivity index (χ2n) is 30.3. The van der Waals surface area contributed by atoms with Gasteiger partial charge in [-0.05, 0) is 96.3 Å². The van der Waals surface area contributed by atoms with E-state index in [0.717, 1.165) is 128 Å². The monoisotopic (exact) mass is 1550 g/mol. The van der Waals surface area contributed by atoms with E-state index in [1.165, 1.54) is 141 Å². The molecule has 1 amide bonds. The van der Waals surface area contributed by atoms with Gasteiger partial charge in [0, 0.05) is 6.42 Å². The largest absolute Gasteiger partial charge is 0.394 e. The number of allylic oxidation sites excluding steroid dienone is 22. The summed E-state index contributed by atoms with van der Waals surface area (Å²) in [6, 6.07) is -0.910. The van der Waals surface area contributed by atoms with Gasteiger partial charge in [-0.2, -0.15) is 0 Å². The van der Waals surface area contributed by atoms with Crippen molar-refractivity contribution >= 4 is 5.91 Å². The van der Waals surface area contributed by atoms with Crippen LogP contribution in [0.4, 0.5) is 0 Å². The molecule has 0 bridgehead atoms. The lowest BCUT2D eigenvalue weighted by atomic mass is 9.96. The maximum atomic E-state index is 13.5. The Kier molecular flexibility index (Phi) is 63.0. The minimum absolute atomic E-state index is 0.236. The zero-order valence-corrected chi connectivity index (χ0v) is 67.9. The molecule has 17 unspecified atom stereocenters. The van der Waals surface area contributed by atoms with Gasteiger partial charge in [-0.1, -0.05) is 334 Å². The van der Waals surface area contributed by atoms with Gasteiger partial charge in [0.25, 0.3) is 0 Å². The third kappa shape index (κ3) is 47.7. The number of aliphatic hydroxyl groups is 11. The Bertz CT molecular complexity index is 2510. The van der Waals surface area contributed by atoms with Crippen LogP contribution in [0.5, 0.6) is 0 Å². The fourth-order valence-corrected chi connectivity index (χ4v) is 13.9. The number of hydrogen-bond donors (Lipinski definition) is 12. The van der Waals surface area contributed by atoms with Crippen LogP contribution in [0.15, 0.2) is 134 Å². The molecule has 3 aliphatic heterocycles. The summed E-state index contributed by atoms with van der Waals surface area (Å²) in [4.78, 5) is 13.5. The first kappa shape index (κ1) is 100. The van der Waals surface area contributed by atoms with E-state index in [-0.39, 0.29) is 18.9 Å². The van der Waals surface area contributed by atoms with E-state index in [0.29, 0.717) is 12.8 Å². The Labute approximate surface area is 664 Å². The Hall–Kier alpha value is -4.07. The smallest absolute Gasteiger partial charge is 0.220 e. The van der Waals surface area contributed by atoms with Crippen molar-refractivity contribution in [3.63, 3.8) is 0 Å². The van der Waals surface area contributed by atoms with Gasteiger partial charge in [0.15, 0.2) is 18.9 Å². The predicted octanol–water partition coefficient (Wildman–Crippen LogP) is 16.0. The molecule has 0 aromatic heterocycles. The summed E-state index contributed by atoms with van der Waals surface area (Å²) in [6.07, 6.45) is 72.5. The van der Waals surface area contributed by atoms with Crippen molar-refractivity contribution in [3.05, 3.63) is 134 Å². The van der Waals surface area contributed by atoms with Gasteiger partial charge >= 0.3 is 0 Å². The van der Waals surface area contributed by atoms with E-state index in [1.54, 1.807) is 0 Å². The van der Waals surface area contributed by atoms with Crippen LogP contribution < -0.4 is 5.32 Å². The second-order valence-corrected chi connectivity index (χ2v) is 30.3. The van der Waals surface area contributed by atoms with Gasteiger partial charge in [0.1, 0.15) is 73.2 Å². The highest BCUT2D eigenvalue weighted by Gasteiger charge is 2.54. The van der Waals surface area contributed by atoms with Crippen molar-refractivity contribution in [2.75, 3.05) is 26.4 Å². The van der Waals surface area contributed by atoms with Crippen molar-refractivity contribution in [2.24, 2.45) is 0 Å². The third-order valence-corrected chi connectivity index (χ3v) is 20.7. The summed E-state index contributed by atoms with van der Waals surface area (Å²) >= 11 is 0. The number of amides is 1. The normalized spacial score (nSPS) is 25.8. The van der Waals surface area contributed by atoms with Crippen LogP contribution in [0.2, 0.25) is 0 Å². The number of unbranched alkanes of at least 4 members (excludes halogenated alkanes) is 30. The van der Waals surface area contributed by atoms with Gasteiger partial charge in [-0.25, -0.2) is 0 Å². The molecule has 19 nitrogen and oxygen atoms in total. The van der Waals surface area contributed by atoms with E-state index in [4.69, 9.17) is 28.4 Å². The van der Waals surface area contributed by atoms with Crippen molar-refractivity contribution < 1.29 is 89.4 Å². The van der Waals surface area contributed by atoms with Crippen LogP contribution in [0, 0.1) is 0 Å². The van der Waals surface area contributed by atoms with Gasteiger partial charge in [0.2, 0.25) is 5.91 Å². The van der Waals surface area contributed by atoms with Crippen molar-refractivity contribution in [1.82, 2.24) is 5.32 Å². The van der Waals surface area contributed by atoms with Crippen LogP contribution in [0.25, 0.3) is 0 Å². The summed E-state index contributed by atoms with van der Waals surface area (Å²) in [6.45, 7) is 1.70. The van der Waals surface area contributed by atoms with E-state index in [9.17, 15) is 61.0 Å². The molecule has 12 N–H and O–H groups in total. The summed E-state index contributed by atoms with van der Waals surface area (Å²) in [5.74, 6) is -0.264. The molecule has 17 atom stereocenters. The lowest BCUT2D eigenvalue weighted by molar-refractivity contribution is -0.379. The fraction of sp³-hybridized carbons (Fsp3) is 0.747. The van der Waals surface area contributed by atoms with Crippen molar-refractivity contribution in [3.8, 4) is 0 Å². The van der Waals surface area contributed by atoms with Crippen LogP contribution in [-0.2, 0) is 33.2 Å². The van der Waals surface area contributed by atoms with Crippen molar-refractivity contribution in [1.29, 1.82) is 0 Å². The minimum Gasteiger partial charge on any atom is -0.394 e. The number of carbonyl (C=O) groups is 1. The summed E-state index contributed by atoms with van der Waals surface area (Å²) in [5.41, 5.74) is 0. The highest BCUT2D eigenvalue weighted by molar-refractivity contribution is 5.76. The zero-order chi connectivity index (χ0) is 79.5. The summed E-state index contributed by atoms with van der Waals surface area (Å²) in [5, 5.41) is 121. The first-order valence-electron chi connectivity index (χ1n) is 43.4. The van der Waals surface area contributed by atoms with Gasteiger partial charge < -0.3 is 89.9 Å². The fourth-order valence-electron chi connectivity index (χ4n) is 13.9. The molecule has 3 rings (SSSR count). The molecule has 3 aliphatic rings. The lowest BCUT2D eigenvalue weighted by Gasteiger charge is -2.48. The molecular formula is C91H155NO18. The molecule has 0 spiro atoms. The number of ether oxygens (including phenoxy) is 6. The molecule has 3 saturated heterocycles. The molecular weight excluding hydrogens is 1390 g/mol. The van der Waals surface area contributed by atoms with Crippen LogP contribution in [-0.4, -0.2) is 193 Å². The molecule has 3 heterocycles. The van der Waals surface area contributed by atoms with Crippen LogP contribution in [0.1, 0.15) is 303 Å². The van der Waals surface area contributed by atoms with E-state index in [2.05, 4.69) is 153 Å². The Morgan fingerprint density at radius 3 is 0.982 bits per heavy atom. The first-order valence-corrected chi connectivity index (χ1v) is 43.4. The van der Waals surface area contributed by atoms with E-state index >= 15 is 0 Å². The van der Waals surface area contributed by atoms with Crippen molar-refractivity contribution in [2.45, 2.75) is 407 Å². The number of hydrogen-bond acceptors (Lipinski definition) is 18. The van der Waals surface area contributed by atoms with E-state index < -0.39 is 124 Å². The van der Waals surface area contributed by atoms with Gasteiger partial charge in [-0.15, -0.1) is 0 Å². The molecule has 0 aliphatic carbocycles. The molecule has 0 radical (unpaired) electrons. The maximum Gasteiger partial charge on any atom is 0.220 e. The molecule has 0 saturated carbocycles. The number of aliphatic hydroxyl groups excluding tert-OH is 11. The zero-order valence-electron chi connectivity index (χ0n) is 67.9. The highest BCUT2D eigenvalue weighted by atomic mass is 16.8. The minimum atomic E-state index is -1.98. The topological polar surface area (TPSA) is 307 Å². The maximum absolute atomic E-state index is 13.5. The molecule has 19 heteroatoms. The molecule has 3 fully saturated rings. The quantitative estimate of drug-likeness (QED) is 0.0199. The standard InChI is InChI=1S/C91H155NO18/c1-3-5-7-9-11-13-15-17-19-21-23-25-27-29-31-32-33-34-35-36-37-38-39-40-41-42-43-45-47-49-51-53-55-57-59-61-63-65-67-69-79(97)92-74(75(96)68-66-64-62-60-58-56-54-52-50-48-46-44-30-28-26-24-22-20-18-16-14-12-10-8-6-4-2)73-105-89-85(103)82(100)87(77(71-94)107-89)110-91-86(104)83(101)88(78(72-95)108-91)109-90-84(102)81(99)80(98)76(70-93)106-90/h5,7,11,13,17,19,23,25,29,31,33-34,36-37,39-40,42-43,47,49,53,55,74-78,80-91,93-96,98-104H,3-4,6,8-10,12,14-16,18,20-22,24,26-28,30,32,35,38,41,44-46,48,50-52,54,56-73H2,1-2H3,(H,92,97)/b7-5-,13-11-,19-17-,25-23-,31-29-,34-33-,37-36-,40-39-,43-42-,49-47-,55-53-. The Morgan fingerprint density at radius 1 is 0.336 bits per heavy atom. The predicted molar refractivity (Wildman–Crippen MR) is 443 cm³/mol. The van der Waals surface area contributed by atoms with Gasteiger partial charge in [-0.3, -0.25) is 4.79 Å². The molecule has 110 heavy (non-hydrogen) atoms. The molecule has 632 valence electrons. The molecule has 0 aromatic rings. The SMILES string of the molecule is CC/C=C\C/C=C\C/C=C\C/C=C\C/C=C\C/C=C\C/C=C\C/C=C\C/C=C\C/C=C\C/C=C\CCCCCCCC(=O)NC(COC1OC(CO)C(OC2OC(CO)C(OC3OC(CO)C(O)C(O)C3O)C(O)C2O)C(O)C1O)C(O)CCCCCCCCCCCCCCCCCCCCCCCCCCCC. The lowest BCUT2D eigenvalue weighted by Crippen LogP contribution is -2.66. The first-order chi connectivity index (χ1) is 53.8. The third-order valence-electron chi connectivity index (χ3n) is 20.7. The van der Waals surface area contributed by atoms with Crippen LogP contribution >= 0.6 is 0 Å². The Balaban J connectivity index is 1.35. The van der Waals surface area contributed by atoms with E-state index in [1.807, 2.05) is 0 Å². The number of carbonyl (C=O) groups excluding carboxylic acids is 1. The van der Waals surface area contributed by atoms with Crippen LogP contribution in [0.3, 0.4) is 0 Å². The Morgan fingerprint density at radius 2 is 0.627 bits per heavy atom. The number of rotatable bonds is 68. The average molecular weight is 1550 g/mol.